The van der Waals surface area contributed by atoms with E-state index in [2.05, 4.69) is 14.9 Å². The Hall–Kier alpha value is -1.65. The molecule has 1 aromatic heterocycles. The van der Waals surface area contributed by atoms with Gasteiger partial charge in [-0.2, -0.15) is 0 Å². The van der Waals surface area contributed by atoms with Crippen molar-refractivity contribution in [1.82, 2.24) is 9.97 Å². The van der Waals surface area contributed by atoms with Gasteiger partial charge >= 0.3 is 0 Å². The van der Waals surface area contributed by atoms with Crippen LogP contribution in [-0.4, -0.2) is 29.1 Å². The van der Waals surface area contributed by atoms with E-state index in [1.54, 1.807) is 0 Å². The zero-order valence-electron chi connectivity index (χ0n) is 12.1. The summed E-state index contributed by atoms with van der Waals surface area (Å²) in [5.41, 5.74) is 9.00. The zero-order chi connectivity index (χ0) is 14.8. The first-order chi connectivity index (χ1) is 10.1. The minimum atomic E-state index is 0.327. The fourth-order valence-electron chi connectivity index (χ4n) is 2.68. The number of hydrogen-bond acceptors (Lipinski definition) is 4. The Morgan fingerprint density at radius 2 is 2.05 bits per heavy atom. The monoisotopic (exact) mass is 302 g/mol. The van der Waals surface area contributed by atoms with Crippen molar-refractivity contribution in [2.75, 3.05) is 18.0 Å². The van der Waals surface area contributed by atoms with Crippen LogP contribution < -0.4 is 10.6 Å². The van der Waals surface area contributed by atoms with Crippen LogP contribution in [0.25, 0.3) is 11.4 Å². The number of benzene rings is 1. The van der Waals surface area contributed by atoms with Gasteiger partial charge in [0.05, 0.1) is 17.6 Å². The number of nitrogens with two attached hydrogens (primary N) is 1. The standard InChI is InChI=1S/C16H19ClN4/c1-11-15(21-7-5-14(18)6-8-21)10-19-16(20-11)12-3-2-4-13(17)9-12/h2-4,9-10,14H,5-8,18H2,1H3. The van der Waals surface area contributed by atoms with Gasteiger partial charge in [-0.1, -0.05) is 23.7 Å². The van der Waals surface area contributed by atoms with Crippen molar-refractivity contribution in [2.45, 2.75) is 25.8 Å². The van der Waals surface area contributed by atoms with Gasteiger partial charge in [-0.15, -0.1) is 0 Å². The van der Waals surface area contributed by atoms with Crippen LogP contribution in [0.15, 0.2) is 30.5 Å². The molecule has 0 amide bonds. The number of anilines is 1. The molecular weight excluding hydrogens is 284 g/mol. The van der Waals surface area contributed by atoms with Crippen molar-refractivity contribution in [3.05, 3.63) is 41.2 Å². The molecule has 1 aliphatic rings. The Labute approximate surface area is 130 Å². The second-order valence-corrected chi connectivity index (χ2v) is 5.94. The predicted octanol–water partition coefficient (Wildman–Crippen LogP) is 3.03. The van der Waals surface area contributed by atoms with Gasteiger partial charge < -0.3 is 10.6 Å². The van der Waals surface area contributed by atoms with Crippen molar-refractivity contribution in [2.24, 2.45) is 5.73 Å². The minimum absolute atomic E-state index is 0.327. The summed E-state index contributed by atoms with van der Waals surface area (Å²) in [4.78, 5) is 11.5. The number of piperidine rings is 1. The first-order valence-electron chi connectivity index (χ1n) is 7.23. The Balaban J connectivity index is 1.86. The van der Waals surface area contributed by atoms with E-state index < -0.39 is 0 Å². The molecule has 0 unspecified atom stereocenters. The van der Waals surface area contributed by atoms with Crippen LogP contribution in [0.1, 0.15) is 18.5 Å². The molecule has 1 saturated heterocycles. The van der Waals surface area contributed by atoms with Crippen molar-refractivity contribution >= 4 is 17.3 Å². The highest BCUT2D eigenvalue weighted by atomic mass is 35.5. The maximum absolute atomic E-state index is 6.03. The largest absolute Gasteiger partial charge is 0.369 e. The SMILES string of the molecule is Cc1nc(-c2cccc(Cl)c2)ncc1N1CCC(N)CC1. The molecule has 1 aromatic carbocycles. The van der Waals surface area contributed by atoms with E-state index in [0.717, 1.165) is 42.9 Å². The Bertz CT molecular complexity index is 636. The van der Waals surface area contributed by atoms with E-state index >= 15 is 0 Å². The summed E-state index contributed by atoms with van der Waals surface area (Å²) in [6.45, 7) is 3.98. The first kappa shape index (κ1) is 14.3. The molecule has 0 spiro atoms. The average molecular weight is 303 g/mol. The molecule has 0 aliphatic carbocycles. The molecular formula is C16H19ClN4. The van der Waals surface area contributed by atoms with Crippen LogP contribution in [0.5, 0.6) is 0 Å². The van der Waals surface area contributed by atoms with Crippen LogP contribution in [-0.2, 0) is 0 Å². The average Bonchev–Trinajstić information content (AvgIpc) is 2.48. The van der Waals surface area contributed by atoms with Gasteiger partial charge in [0.15, 0.2) is 5.82 Å². The van der Waals surface area contributed by atoms with Crippen molar-refractivity contribution in [1.29, 1.82) is 0 Å². The van der Waals surface area contributed by atoms with E-state index in [1.165, 1.54) is 0 Å². The number of rotatable bonds is 2. The molecule has 2 N–H and O–H groups in total. The maximum atomic E-state index is 6.03. The third kappa shape index (κ3) is 3.17. The van der Waals surface area contributed by atoms with Crippen LogP contribution in [0.3, 0.4) is 0 Å². The van der Waals surface area contributed by atoms with Crippen LogP contribution in [0.2, 0.25) is 5.02 Å². The third-order valence-electron chi connectivity index (χ3n) is 3.92. The number of aromatic nitrogens is 2. The summed E-state index contributed by atoms with van der Waals surface area (Å²) >= 11 is 6.03. The Morgan fingerprint density at radius 1 is 1.29 bits per heavy atom. The summed E-state index contributed by atoms with van der Waals surface area (Å²) in [6, 6.07) is 7.95. The fraction of sp³-hybridized carbons (Fsp3) is 0.375. The van der Waals surface area contributed by atoms with Gasteiger partial charge in [0.25, 0.3) is 0 Å². The molecule has 0 bridgehead atoms. The van der Waals surface area contributed by atoms with E-state index in [9.17, 15) is 0 Å². The van der Waals surface area contributed by atoms with Crippen molar-refractivity contribution < 1.29 is 0 Å². The lowest BCUT2D eigenvalue weighted by Crippen LogP contribution is -2.40. The lowest BCUT2D eigenvalue weighted by molar-refractivity contribution is 0.500. The number of aryl methyl sites for hydroxylation is 1. The van der Waals surface area contributed by atoms with E-state index in [1.807, 2.05) is 37.4 Å². The maximum Gasteiger partial charge on any atom is 0.159 e. The normalized spacial score (nSPS) is 16.2. The second kappa shape index (κ2) is 6.00. The van der Waals surface area contributed by atoms with Gasteiger partial charge in [0.1, 0.15) is 0 Å². The lowest BCUT2D eigenvalue weighted by Gasteiger charge is -2.32. The molecule has 1 aliphatic heterocycles. The molecule has 3 rings (SSSR count). The highest BCUT2D eigenvalue weighted by Gasteiger charge is 2.18. The predicted molar refractivity (Wildman–Crippen MR) is 86.6 cm³/mol. The van der Waals surface area contributed by atoms with Crippen LogP contribution in [0.4, 0.5) is 5.69 Å². The van der Waals surface area contributed by atoms with E-state index in [4.69, 9.17) is 17.3 Å². The zero-order valence-corrected chi connectivity index (χ0v) is 12.8. The lowest BCUT2D eigenvalue weighted by atomic mass is 10.1. The van der Waals surface area contributed by atoms with Crippen molar-refractivity contribution in [3.8, 4) is 11.4 Å². The molecule has 0 atom stereocenters. The fourth-order valence-corrected chi connectivity index (χ4v) is 2.87. The third-order valence-corrected chi connectivity index (χ3v) is 4.15. The summed E-state index contributed by atoms with van der Waals surface area (Å²) in [5.74, 6) is 0.715. The number of halogens is 1. The van der Waals surface area contributed by atoms with Crippen LogP contribution in [0, 0.1) is 6.92 Å². The van der Waals surface area contributed by atoms with Gasteiger partial charge in [-0.25, -0.2) is 9.97 Å². The molecule has 110 valence electrons. The molecule has 5 heteroatoms. The topological polar surface area (TPSA) is 55.0 Å². The highest BCUT2D eigenvalue weighted by molar-refractivity contribution is 6.30. The van der Waals surface area contributed by atoms with Gasteiger partial charge in [0, 0.05) is 29.7 Å². The molecule has 21 heavy (non-hydrogen) atoms. The summed E-state index contributed by atoms with van der Waals surface area (Å²) in [6.07, 6.45) is 3.96. The molecule has 0 radical (unpaired) electrons. The van der Waals surface area contributed by atoms with Gasteiger partial charge in [-0.05, 0) is 31.9 Å². The van der Waals surface area contributed by atoms with E-state index in [-0.39, 0.29) is 0 Å². The van der Waals surface area contributed by atoms with E-state index in [0.29, 0.717) is 16.9 Å². The summed E-state index contributed by atoms with van der Waals surface area (Å²) in [5, 5.41) is 0.697. The molecule has 1 fully saturated rings. The van der Waals surface area contributed by atoms with Gasteiger partial charge in [-0.3, -0.25) is 0 Å². The van der Waals surface area contributed by atoms with Crippen LogP contribution >= 0.6 is 11.6 Å². The Morgan fingerprint density at radius 3 is 2.71 bits per heavy atom. The Kier molecular flexibility index (Phi) is 4.08. The highest BCUT2D eigenvalue weighted by Crippen LogP contribution is 2.25. The second-order valence-electron chi connectivity index (χ2n) is 5.50. The summed E-state index contributed by atoms with van der Waals surface area (Å²) < 4.78 is 0. The first-order valence-corrected chi connectivity index (χ1v) is 7.61. The number of nitrogens with zero attached hydrogens (tertiary/aromatic N) is 3. The van der Waals surface area contributed by atoms with Gasteiger partial charge in [0.2, 0.25) is 0 Å². The smallest absolute Gasteiger partial charge is 0.159 e. The van der Waals surface area contributed by atoms with Crippen molar-refractivity contribution in [3.63, 3.8) is 0 Å². The molecule has 2 heterocycles. The minimum Gasteiger partial charge on any atom is -0.369 e. The summed E-state index contributed by atoms with van der Waals surface area (Å²) in [7, 11) is 0. The molecule has 2 aromatic rings. The molecule has 0 saturated carbocycles. The molecule has 4 nitrogen and oxygen atoms in total. The number of hydrogen-bond donors (Lipinski definition) is 1. The quantitative estimate of drug-likeness (QED) is 0.926.